The summed E-state index contributed by atoms with van der Waals surface area (Å²) in [4.78, 5) is 2.66. The van der Waals surface area contributed by atoms with E-state index in [4.69, 9.17) is 0 Å². The minimum Gasteiger partial charge on any atom is -0.0888 e. The highest BCUT2D eigenvalue weighted by Gasteiger charge is 2.21. The van der Waals surface area contributed by atoms with E-state index in [0.29, 0.717) is 0 Å². The van der Waals surface area contributed by atoms with Crippen LogP contribution in [0.1, 0.15) is 0 Å². The lowest BCUT2D eigenvalue weighted by Gasteiger charge is -2.22. The summed E-state index contributed by atoms with van der Waals surface area (Å²) in [5.74, 6) is 0. The van der Waals surface area contributed by atoms with E-state index in [-0.39, 0.29) is 0 Å². The minimum atomic E-state index is 1.26. The van der Waals surface area contributed by atoms with Crippen LogP contribution in [0.2, 0.25) is 0 Å². The third-order valence-corrected chi connectivity index (χ3v) is 9.75. The van der Waals surface area contributed by atoms with Crippen LogP contribution in [0, 0.1) is 0 Å². The molecule has 1 heteroatoms. The predicted octanol–water partition coefficient (Wildman–Crippen LogP) is 11.8. The molecule has 1 aliphatic heterocycles. The van der Waals surface area contributed by atoms with Gasteiger partial charge in [-0.05, 0) is 95.3 Å². The first kappa shape index (κ1) is 22.9. The zero-order chi connectivity index (χ0) is 26.9. The molecule has 0 bridgehead atoms. The second-order valence-corrected chi connectivity index (χ2v) is 12.0. The summed E-state index contributed by atoms with van der Waals surface area (Å²) < 4.78 is 0. The predicted molar refractivity (Wildman–Crippen MR) is 177 cm³/mol. The summed E-state index contributed by atoms with van der Waals surface area (Å²) >= 11 is 1.89. The number of hydrogen-bond donors (Lipinski definition) is 0. The van der Waals surface area contributed by atoms with Crippen molar-refractivity contribution in [3.63, 3.8) is 0 Å². The van der Waals surface area contributed by atoms with Crippen LogP contribution in [0.4, 0.5) is 0 Å². The monoisotopic (exact) mass is 536 g/mol. The molecule has 0 unspecified atom stereocenters. The van der Waals surface area contributed by atoms with Crippen molar-refractivity contribution in [2.24, 2.45) is 0 Å². The van der Waals surface area contributed by atoms with Gasteiger partial charge in [-0.15, -0.1) is 0 Å². The highest BCUT2D eigenvalue weighted by atomic mass is 32.2. The maximum Gasteiger partial charge on any atom is 0.0207 e. The van der Waals surface area contributed by atoms with E-state index in [0.717, 1.165) is 0 Å². The molecule has 8 aromatic rings. The summed E-state index contributed by atoms with van der Waals surface area (Å²) in [5.41, 5.74) is 7.78. The van der Waals surface area contributed by atoms with Crippen molar-refractivity contribution in [2.75, 3.05) is 0 Å². The molecule has 41 heavy (non-hydrogen) atoms. The highest BCUT2D eigenvalue weighted by Crippen LogP contribution is 2.50. The number of rotatable bonds is 2. The molecule has 1 aliphatic rings. The Morgan fingerprint density at radius 3 is 1.61 bits per heavy atom. The average molecular weight is 537 g/mol. The van der Waals surface area contributed by atoms with Crippen LogP contribution in [-0.4, -0.2) is 0 Å². The third-order valence-electron chi connectivity index (χ3n) is 8.61. The fraction of sp³-hybridized carbons (Fsp3) is 0. The van der Waals surface area contributed by atoms with Crippen molar-refractivity contribution >= 4 is 54.9 Å². The van der Waals surface area contributed by atoms with E-state index in [1.165, 1.54) is 86.3 Å². The Labute approximate surface area is 242 Å². The van der Waals surface area contributed by atoms with E-state index >= 15 is 0 Å². The van der Waals surface area contributed by atoms with Gasteiger partial charge in [0, 0.05) is 15.2 Å². The molecular formula is C40H24S. The van der Waals surface area contributed by atoms with E-state index < -0.39 is 0 Å². The number of fused-ring (bicyclic) bond motifs is 5. The summed E-state index contributed by atoms with van der Waals surface area (Å²) in [6, 6.07) is 53.8. The fourth-order valence-corrected chi connectivity index (χ4v) is 7.94. The number of hydrogen-bond acceptors (Lipinski definition) is 1. The normalized spacial score (nSPS) is 12.3. The lowest BCUT2D eigenvalue weighted by Crippen LogP contribution is -1.95. The molecule has 190 valence electrons. The molecular weight excluding hydrogens is 513 g/mol. The van der Waals surface area contributed by atoms with Gasteiger partial charge in [0.15, 0.2) is 0 Å². The van der Waals surface area contributed by atoms with Crippen LogP contribution in [0.15, 0.2) is 155 Å². The molecule has 0 atom stereocenters. The van der Waals surface area contributed by atoms with Gasteiger partial charge in [0.25, 0.3) is 0 Å². The molecule has 0 nitrogen and oxygen atoms in total. The molecule has 8 aromatic carbocycles. The molecule has 0 N–H and O–H groups in total. The topological polar surface area (TPSA) is 0 Å². The molecule has 0 aliphatic carbocycles. The molecule has 0 amide bonds. The number of benzene rings is 8. The van der Waals surface area contributed by atoms with Crippen LogP contribution >= 0.6 is 11.8 Å². The Balaban J connectivity index is 1.35. The molecule has 0 fully saturated rings. The highest BCUT2D eigenvalue weighted by molar-refractivity contribution is 7.99. The second kappa shape index (κ2) is 8.83. The first-order valence-corrected chi connectivity index (χ1v) is 14.9. The van der Waals surface area contributed by atoms with Crippen LogP contribution in [0.3, 0.4) is 0 Å². The Morgan fingerprint density at radius 1 is 0.341 bits per heavy atom. The first-order valence-electron chi connectivity index (χ1n) is 14.1. The van der Waals surface area contributed by atoms with Crippen LogP contribution in [-0.2, 0) is 0 Å². The summed E-state index contributed by atoms with van der Waals surface area (Å²) in [6.45, 7) is 0. The van der Waals surface area contributed by atoms with Crippen LogP contribution < -0.4 is 0 Å². The Morgan fingerprint density at radius 2 is 0.902 bits per heavy atom. The maximum atomic E-state index is 2.43. The van der Waals surface area contributed by atoms with Crippen molar-refractivity contribution in [1.82, 2.24) is 0 Å². The van der Waals surface area contributed by atoms with Gasteiger partial charge >= 0.3 is 0 Å². The van der Waals surface area contributed by atoms with E-state index in [2.05, 4.69) is 146 Å². The quantitative estimate of drug-likeness (QED) is 0.198. The van der Waals surface area contributed by atoms with Gasteiger partial charge in [0.1, 0.15) is 0 Å². The Kier molecular flexibility index (Phi) is 4.93. The summed E-state index contributed by atoms with van der Waals surface area (Å²) in [5, 5.41) is 10.4. The molecule has 0 radical (unpaired) electrons. The lowest BCUT2D eigenvalue weighted by atomic mass is 9.85. The molecule has 0 spiro atoms. The zero-order valence-electron chi connectivity index (χ0n) is 22.3. The molecule has 9 rings (SSSR count). The Hall–Kier alpha value is -4.85. The molecule has 0 saturated heterocycles. The van der Waals surface area contributed by atoms with Gasteiger partial charge < -0.3 is 0 Å². The standard InChI is InChI=1S/C40H24S/c1-2-10-27-23-28(20-19-25(27)9-1)38-30-13-3-5-15-32(30)39(33-16-6-4-14-31(33)38)29-21-22-36-35(24-29)34-17-7-11-26-12-8-18-37(41-36)40(26)34/h1-24H. The van der Waals surface area contributed by atoms with Crippen molar-refractivity contribution < 1.29 is 0 Å². The lowest BCUT2D eigenvalue weighted by molar-refractivity contribution is 1.40. The third kappa shape index (κ3) is 3.43. The van der Waals surface area contributed by atoms with Crippen molar-refractivity contribution in [3.8, 4) is 33.4 Å². The van der Waals surface area contributed by atoms with Crippen molar-refractivity contribution in [3.05, 3.63) is 146 Å². The summed E-state index contributed by atoms with van der Waals surface area (Å²) in [7, 11) is 0. The molecule has 1 heterocycles. The van der Waals surface area contributed by atoms with Gasteiger partial charge in [-0.25, -0.2) is 0 Å². The van der Waals surface area contributed by atoms with Crippen LogP contribution in [0.5, 0.6) is 0 Å². The summed E-state index contributed by atoms with van der Waals surface area (Å²) in [6.07, 6.45) is 0. The van der Waals surface area contributed by atoms with Crippen molar-refractivity contribution in [2.45, 2.75) is 9.79 Å². The SMILES string of the molecule is c1ccc2cc(-c3c4ccccc4c(-c4ccc5c(c4)-c4cccc6cccc(c46)S5)c4ccccc34)ccc2c1. The Bertz CT molecular complexity index is 2280. The minimum absolute atomic E-state index is 1.26. The second-order valence-electron chi connectivity index (χ2n) is 10.9. The van der Waals surface area contributed by atoms with Gasteiger partial charge in [0.2, 0.25) is 0 Å². The maximum absolute atomic E-state index is 2.43. The molecule has 0 aromatic heterocycles. The zero-order valence-corrected chi connectivity index (χ0v) is 23.1. The van der Waals surface area contributed by atoms with Crippen LogP contribution in [0.25, 0.3) is 76.5 Å². The first-order chi connectivity index (χ1) is 20.3. The van der Waals surface area contributed by atoms with Gasteiger partial charge in [0.05, 0.1) is 0 Å². The fourth-order valence-electron chi connectivity index (χ4n) is 6.81. The van der Waals surface area contributed by atoms with E-state index in [9.17, 15) is 0 Å². The van der Waals surface area contributed by atoms with Gasteiger partial charge in [-0.3, -0.25) is 0 Å². The van der Waals surface area contributed by atoms with E-state index in [1.807, 2.05) is 11.8 Å². The van der Waals surface area contributed by atoms with E-state index in [1.54, 1.807) is 0 Å². The smallest absolute Gasteiger partial charge is 0.0207 e. The van der Waals surface area contributed by atoms with Crippen molar-refractivity contribution in [1.29, 1.82) is 0 Å². The largest absolute Gasteiger partial charge is 0.0888 e. The van der Waals surface area contributed by atoms with Gasteiger partial charge in [-0.2, -0.15) is 0 Å². The van der Waals surface area contributed by atoms with Gasteiger partial charge in [-0.1, -0.05) is 133 Å². The molecule has 0 saturated carbocycles. The average Bonchev–Trinajstić information content (AvgIpc) is 3.03.